The summed E-state index contributed by atoms with van der Waals surface area (Å²) in [6, 6.07) is 7.21. The van der Waals surface area contributed by atoms with E-state index in [4.69, 9.17) is 0 Å². The maximum Gasteiger partial charge on any atom is 0.128 e. The first-order chi connectivity index (χ1) is 8.26. The molecule has 0 bridgehead atoms. The van der Waals surface area contributed by atoms with Crippen LogP contribution in [0.4, 0.5) is 4.39 Å². The van der Waals surface area contributed by atoms with Crippen molar-refractivity contribution >= 4 is 0 Å². The lowest BCUT2D eigenvalue weighted by molar-refractivity contribution is 0.600. The third-order valence-electron chi connectivity index (χ3n) is 2.73. The van der Waals surface area contributed by atoms with Gasteiger partial charge in [-0.05, 0) is 26.1 Å². The zero-order valence-corrected chi connectivity index (χ0v) is 10.1. The molecule has 0 atom stereocenters. The summed E-state index contributed by atoms with van der Waals surface area (Å²) in [7, 11) is 1.81. The van der Waals surface area contributed by atoms with E-state index in [1.54, 1.807) is 19.3 Å². The van der Waals surface area contributed by atoms with Crippen LogP contribution in [0.3, 0.4) is 0 Å². The van der Waals surface area contributed by atoms with Crippen LogP contribution in [0.2, 0.25) is 0 Å². The van der Waals surface area contributed by atoms with Gasteiger partial charge in [0.15, 0.2) is 0 Å². The van der Waals surface area contributed by atoms with E-state index < -0.39 is 0 Å². The zero-order chi connectivity index (χ0) is 12.3. The van der Waals surface area contributed by atoms with E-state index in [1.165, 1.54) is 0 Å². The van der Waals surface area contributed by atoms with Gasteiger partial charge in [0.2, 0.25) is 0 Å². The summed E-state index contributed by atoms with van der Waals surface area (Å²) in [6.45, 7) is 3.34. The Morgan fingerprint density at radius 1 is 1.35 bits per heavy atom. The average molecular weight is 233 g/mol. The van der Waals surface area contributed by atoms with Crippen molar-refractivity contribution in [1.29, 1.82) is 0 Å². The largest absolute Gasteiger partial charge is 0.316 e. The summed E-state index contributed by atoms with van der Waals surface area (Å²) in [5, 5.41) is 7.13. The van der Waals surface area contributed by atoms with Crippen LogP contribution in [-0.2, 0) is 13.1 Å². The maximum atomic E-state index is 13.8. The Kier molecular flexibility index (Phi) is 3.54. The Morgan fingerprint density at radius 2 is 2.18 bits per heavy atom. The summed E-state index contributed by atoms with van der Waals surface area (Å²) in [4.78, 5) is 0. The number of rotatable bonds is 4. The van der Waals surface area contributed by atoms with Gasteiger partial charge in [0.1, 0.15) is 5.82 Å². The van der Waals surface area contributed by atoms with Gasteiger partial charge in [0.25, 0.3) is 0 Å². The number of aryl methyl sites for hydroxylation is 1. The van der Waals surface area contributed by atoms with Crippen LogP contribution in [0.25, 0.3) is 11.3 Å². The molecule has 17 heavy (non-hydrogen) atoms. The molecule has 1 N–H and O–H groups in total. The first-order valence-corrected chi connectivity index (χ1v) is 5.71. The van der Waals surface area contributed by atoms with Gasteiger partial charge in [-0.2, -0.15) is 5.10 Å². The quantitative estimate of drug-likeness (QED) is 0.879. The minimum atomic E-state index is -0.180. The van der Waals surface area contributed by atoms with Crippen molar-refractivity contribution < 1.29 is 4.39 Å². The average Bonchev–Trinajstić information content (AvgIpc) is 2.80. The fourth-order valence-corrected chi connectivity index (χ4v) is 1.87. The van der Waals surface area contributed by atoms with E-state index in [-0.39, 0.29) is 5.82 Å². The van der Waals surface area contributed by atoms with Gasteiger partial charge in [0, 0.05) is 30.4 Å². The van der Waals surface area contributed by atoms with Crippen molar-refractivity contribution in [2.24, 2.45) is 0 Å². The molecule has 0 amide bonds. The van der Waals surface area contributed by atoms with Crippen LogP contribution >= 0.6 is 0 Å². The van der Waals surface area contributed by atoms with Gasteiger partial charge in [-0.3, -0.25) is 4.68 Å². The third-order valence-corrected chi connectivity index (χ3v) is 2.73. The highest BCUT2D eigenvalue weighted by atomic mass is 19.1. The number of halogens is 1. The number of benzene rings is 1. The zero-order valence-electron chi connectivity index (χ0n) is 10.1. The van der Waals surface area contributed by atoms with Crippen molar-refractivity contribution in [3.8, 4) is 11.3 Å². The standard InChI is InChI=1S/C13H16FN3/c1-3-17-13(6-7-16-17)10-4-5-11(9-15-2)12(14)8-10/h4-8,15H,3,9H2,1-2H3. The van der Waals surface area contributed by atoms with Crippen molar-refractivity contribution in [1.82, 2.24) is 15.1 Å². The molecule has 3 nitrogen and oxygen atoms in total. The van der Waals surface area contributed by atoms with E-state index in [2.05, 4.69) is 10.4 Å². The normalized spacial score (nSPS) is 10.8. The smallest absolute Gasteiger partial charge is 0.128 e. The van der Waals surface area contributed by atoms with Crippen molar-refractivity contribution in [3.63, 3.8) is 0 Å². The molecule has 2 aromatic rings. The molecule has 2 rings (SSSR count). The Labute approximate surface area is 100 Å². The molecule has 4 heteroatoms. The van der Waals surface area contributed by atoms with Crippen LogP contribution in [0.1, 0.15) is 12.5 Å². The van der Waals surface area contributed by atoms with Crippen LogP contribution in [0.15, 0.2) is 30.5 Å². The summed E-state index contributed by atoms with van der Waals surface area (Å²) in [5.74, 6) is -0.180. The van der Waals surface area contributed by atoms with Gasteiger partial charge in [-0.1, -0.05) is 12.1 Å². The molecule has 0 spiro atoms. The van der Waals surface area contributed by atoms with Crippen LogP contribution < -0.4 is 5.32 Å². The highest BCUT2D eigenvalue weighted by molar-refractivity contribution is 5.59. The van der Waals surface area contributed by atoms with E-state index in [1.807, 2.05) is 29.8 Å². The monoisotopic (exact) mass is 233 g/mol. The molecule has 1 aromatic carbocycles. The van der Waals surface area contributed by atoms with Crippen LogP contribution in [0, 0.1) is 5.82 Å². The van der Waals surface area contributed by atoms with Crippen LogP contribution in [0.5, 0.6) is 0 Å². The molecule has 1 aromatic heterocycles. The van der Waals surface area contributed by atoms with Crippen molar-refractivity contribution in [3.05, 3.63) is 41.8 Å². The molecular formula is C13H16FN3. The number of hydrogen-bond donors (Lipinski definition) is 1. The maximum absolute atomic E-state index is 13.8. The van der Waals surface area contributed by atoms with Crippen molar-refractivity contribution in [2.45, 2.75) is 20.0 Å². The van der Waals surface area contributed by atoms with E-state index in [0.29, 0.717) is 12.1 Å². The summed E-state index contributed by atoms with van der Waals surface area (Å²) in [6.07, 6.45) is 1.73. The fraction of sp³-hybridized carbons (Fsp3) is 0.308. The first kappa shape index (κ1) is 11.8. The minimum absolute atomic E-state index is 0.180. The third kappa shape index (κ3) is 2.36. The lowest BCUT2D eigenvalue weighted by Gasteiger charge is -2.07. The van der Waals surface area contributed by atoms with Gasteiger partial charge >= 0.3 is 0 Å². The number of nitrogens with zero attached hydrogens (tertiary/aromatic N) is 2. The minimum Gasteiger partial charge on any atom is -0.316 e. The van der Waals surface area contributed by atoms with Crippen molar-refractivity contribution in [2.75, 3.05) is 7.05 Å². The number of hydrogen-bond acceptors (Lipinski definition) is 2. The molecule has 0 aliphatic heterocycles. The molecule has 0 saturated carbocycles. The van der Waals surface area contributed by atoms with Gasteiger partial charge in [-0.15, -0.1) is 0 Å². The van der Waals surface area contributed by atoms with E-state index in [9.17, 15) is 4.39 Å². The lowest BCUT2D eigenvalue weighted by Crippen LogP contribution is -2.07. The molecule has 0 aliphatic carbocycles. The fourth-order valence-electron chi connectivity index (χ4n) is 1.87. The highest BCUT2D eigenvalue weighted by Crippen LogP contribution is 2.21. The second-order valence-electron chi connectivity index (χ2n) is 3.87. The van der Waals surface area contributed by atoms with E-state index >= 15 is 0 Å². The molecule has 0 unspecified atom stereocenters. The van der Waals surface area contributed by atoms with Gasteiger partial charge in [-0.25, -0.2) is 4.39 Å². The highest BCUT2D eigenvalue weighted by Gasteiger charge is 2.07. The first-order valence-electron chi connectivity index (χ1n) is 5.71. The molecule has 0 aliphatic rings. The molecule has 0 saturated heterocycles. The lowest BCUT2D eigenvalue weighted by atomic mass is 10.1. The van der Waals surface area contributed by atoms with Gasteiger partial charge in [0.05, 0.1) is 5.69 Å². The molecular weight excluding hydrogens is 217 g/mol. The van der Waals surface area contributed by atoms with E-state index in [0.717, 1.165) is 17.8 Å². The predicted molar refractivity (Wildman–Crippen MR) is 66.1 cm³/mol. The Morgan fingerprint density at radius 3 is 2.82 bits per heavy atom. The predicted octanol–water partition coefficient (Wildman–Crippen LogP) is 2.43. The second-order valence-corrected chi connectivity index (χ2v) is 3.87. The van der Waals surface area contributed by atoms with Gasteiger partial charge < -0.3 is 5.32 Å². The molecule has 90 valence electrons. The molecule has 0 radical (unpaired) electrons. The Balaban J connectivity index is 2.37. The number of nitrogens with one attached hydrogen (secondary N) is 1. The Bertz CT molecular complexity index is 505. The number of aromatic nitrogens is 2. The molecule has 0 fully saturated rings. The second kappa shape index (κ2) is 5.10. The van der Waals surface area contributed by atoms with Crippen LogP contribution in [-0.4, -0.2) is 16.8 Å². The summed E-state index contributed by atoms with van der Waals surface area (Å²) in [5.41, 5.74) is 2.49. The SMILES string of the molecule is CCn1nccc1-c1ccc(CNC)c(F)c1. The Hall–Kier alpha value is -1.68. The molecule has 1 heterocycles. The topological polar surface area (TPSA) is 29.9 Å². The summed E-state index contributed by atoms with van der Waals surface area (Å²) >= 11 is 0. The summed E-state index contributed by atoms with van der Waals surface area (Å²) < 4.78 is 15.6.